The first-order valence-corrected chi connectivity index (χ1v) is 7.01. The largest absolute Gasteiger partial charge is 0.495 e. The molecule has 0 aliphatic rings. The number of anilines is 1. The lowest BCUT2D eigenvalue weighted by Crippen LogP contribution is -2.08. The summed E-state index contributed by atoms with van der Waals surface area (Å²) in [6.07, 6.45) is 0.0549. The molecule has 0 saturated carbocycles. The summed E-state index contributed by atoms with van der Waals surface area (Å²) in [6.45, 7) is 2.65. The summed E-state index contributed by atoms with van der Waals surface area (Å²) >= 11 is 0. The van der Waals surface area contributed by atoms with Crippen LogP contribution in [-0.4, -0.2) is 18.8 Å². The molecule has 2 aromatic rings. The molecule has 0 heterocycles. The van der Waals surface area contributed by atoms with Gasteiger partial charge in [0.1, 0.15) is 17.6 Å². The fourth-order valence-corrected chi connectivity index (χ4v) is 2.19. The zero-order chi connectivity index (χ0) is 15.2. The smallest absolute Gasteiger partial charge is 0.142 e. The van der Waals surface area contributed by atoms with E-state index in [4.69, 9.17) is 15.2 Å². The zero-order valence-corrected chi connectivity index (χ0v) is 12.4. The Labute approximate surface area is 125 Å². The predicted molar refractivity (Wildman–Crippen MR) is 83.7 cm³/mol. The summed E-state index contributed by atoms with van der Waals surface area (Å²) in [6, 6.07) is 12.8. The Kier molecular flexibility index (Phi) is 5.06. The van der Waals surface area contributed by atoms with E-state index in [0.717, 1.165) is 6.42 Å². The van der Waals surface area contributed by atoms with Crippen molar-refractivity contribution in [3.63, 3.8) is 0 Å². The first-order valence-electron chi connectivity index (χ1n) is 7.01. The molecule has 4 nitrogen and oxygen atoms in total. The van der Waals surface area contributed by atoms with E-state index >= 15 is 0 Å². The van der Waals surface area contributed by atoms with Crippen molar-refractivity contribution in [2.75, 3.05) is 19.5 Å². The number of aliphatic hydroxyl groups is 1. The lowest BCUT2D eigenvalue weighted by Gasteiger charge is -2.18. The Bertz CT molecular complexity index is 598. The second kappa shape index (κ2) is 6.99. The summed E-state index contributed by atoms with van der Waals surface area (Å²) < 4.78 is 10.9. The van der Waals surface area contributed by atoms with E-state index in [1.807, 2.05) is 37.3 Å². The minimum Gasteiger partial charge on any atom is -0.495 e. The molecule has 4 heteroatoms. The molecule has 1 atom stereocenters. The molecule has 0 radical (unpaired) electrons. The minimum atomic E-state index is -0.854. The van der Waals surface area contributed by atoms with Gasteiger partial charge in [-0.1, -0.05) is 37.3 Å². The number of nitrogen functional groups attached to an aromatic ring is 1. The quantitative estimate of drug-likeness (QED) is 0.801. The van der Waals surface area contributed by atoms with E-state index in [0.29, 0.717) is 34.9 Å². The fourth-order valence-electron chi connectivity index (χ4n) is 2.19. The molecule has 1 unspecified atom stereocenters. The number of hydrogen-bond acceptors (Lipinski definition) is 4. The second-order valence-electron chi connectivity index (χ2n) is 4.75. The first kappa shape index (κ1) is 15.2. The summed E-state index contributed by atoms with van der Waals surface area (Å²) in [5.41, 5.74) is 7.81. The minimum absolute atomic E-state index is 0.442. The molecule has 0 spiro atoms. The number of hydrogen-bond donors (Lipinski definition) is 2. The van der Waals surface area contributed by atoms with E-state index in [1.165, 1.54) is 0 Å². The van der Waals surface area contributed by atoms with Crippen LogP contribution in [0.15, 0.2) is 42.5 Å². The van der Waals surface area contributed by atoms with Gasteiger partial charge < -0.3 is 20.3 Å². The SMILES string of the molecule is CCCOc1ccccc1C(O)c1cccc(OC)c1N. The summed E-state index contributed by atoms with van der Waals surface area (Å²) in [5.74, 6) is 1.23. The Morgan fingerprint density at radius 3 is 2.43 bits per heavy atom. The van der Waals surface area contributed by atoms with E-state index in [9.17, 15) is 5.11 Å². The number of ether oxygens (including phenoxy) is 2. The molecule has 0 amide bonds. The van der Waals surface area contributed by atoms with Crippen LogP contribution in [0.1, 0.15) is 30.6 Å². The van der Waals surface area contributed by atoms with Crippen LogP contribution in [0, 0.1) is 0 Å². The van der Waals surface area contributed by atoms with Gasteiger partial charge in [-0.3, -0.25) is 0 Å². The van der Waals surface area contributed by atoms with Gasteiger partial charge in [0, 0.05) is 11.1 Å². The fraction of sp³-hybridized carbons (Fsp3) is 0.294. The highest BCUT2D eigenvalue weighted by atomic mass is 16.5. The molecule has 2 aromatic carbocycles. The number of rotatable bonds is 6. The molecule has 0 aliphatic heterocycles. The van der Waals surface area contributed by atoms with Gasteiger partial charge in [0.15, 0.2) is 0 Å². The van der Waals surface area contributed by atoms with Crippen molar-refractivity contribution < 1.29 is 14.6 Å². The average molecular weight is 287 g/mol. The van der Waals surface area contributed by atoms with Crippen LogP contribution < -0.4 is 15.2 Å². The number of nitrogens with two attached hydrogens (primary N) is 1. The molecule has 0 saturated heterocycles. The molecule has 0 aliphatic carbocycles. The molecule has 3 N–H and O–H groups in total. The van der Waals surface area contributed by atoms with Crippen LogP contribution in [0.5, 0.6) is 11.5 Å². The van der Waals surface area contributed by atoms with Crippen LogP contribution in [0.4, 0.5) is 5.69 Å². The lowest BCUT2D eigenvalue weighted by atomic mass is 9.99. The number of para-hydroxylation sites is 2. The number of aliphatic hydroxyl groups excluding tert-OH is 1. The van der Waals surface area contributed by atoms with Crippen LogP contribution in [-0.2, 0) is 0 Å². The third-order valence-corrected chi connectivity index (χ3v) is 3.29. The first-order chi connectivity index (χ1) is 10.2. The van der Waals surface area contributed by atoms with Gasteiger partial charge in [0.05, 0.1) is 19.4 Å². The third kappa shape index (κ3) is 3.28. The topological polar surface area (TPSA) is 64.7 Å². The van der Waals surface area contributed by atoms with Crippen molar-refractivity contribution in [3.8, 4) is 11.5 Å². The molecule has 21 heavy (non-hydrogen) atoms. The zero-order valence-electron chi connectivity index (χ0n) is 12.4. The molecule has 112 valence electrons. The number of methoxy groups -OCH3 is 1. The molecule has 0 fully saturated rings. The standard InChI is InChI=1S/C17H21NO3/c1-3-11-21-14-9-5-4-7-12(14)17(19)13-8-6-10-15(20-2)16(13)18/h4-10,17,19H,3,11,18H2,1-2H3. The van der Waals surface area contributed by atoms with Gasteiger partial charge in [-0.25, -0.2) is 0 Å². The van der Waals surface area contributed by atoms with Gasteiger partial charge >= 0.3 is 0 Å². The summed E-state index contributed by atoms with van der Waals surface area (Å²) in [5, 5.41) is 10.7. The maximum atomic E-state index is 10.7. The van der Waals surface area contributed by atoms with Crippen LogP contribution in [0.2, 0.25) is 0 Å². The maximum Gasteiger partial charge on any atom is 0.142 e. The van der Waals surface area contributed by atoms with Crippen molar-refractivity contribution in [1.82, 2.24) is 0 Å². The van der Waals surface area contributed by atoms with E-state index < -0.39 is 6.10 Å². The number of benzene rings is 2. The van der Waals surface area contributed by atoms with Gasteiger partial charge in [-0.15, -0.1) is 0 Å². The molecule has 0 bridgehead atoms. The van der Waals surface area contributed by atoms with E-state index in [-0.39, 0.29) is 0 Å². The van der Waals surface area contributed by atoms with Crippen molar-refractivity contribution >= 4 is 5.69 Å². The lowest BCUT2D eigenvalue weighted by molar-refractivity contribution is 0.211. The van der Waals surface area contributed by atoms with Gasteiger partial charge in [0.2, 0.25) is 0 Å². The Hall–Kier alpha value is -2.20. The van der Waals surface area contributed by atoms with Gasteiger partial charge in [0.25, 0.3) is 0 Å². The van der Waals surface area contributed by atoms with E-state index in [2.05, 4.69) is 0 Å². The van der Waals surface area contributed by atoms with E-state index in [1.54, 1.807) is 19.2 Å². The Balaban J connectivity index is 2.38. The predicted octanol–water partition coefficient (Wildman–Crippen LogP) is 3.15. The highest BCUT2D eigenvalue weighted by Crippen LogP contribution is 2.36. The van der Waals surface area contributed by atoms with Crippen LogP contribution >= 0.6 is 0 Å². The van der Waals surface area contributed by atoms with Gasteiger partial charge in [-0.05, 0) is 18.6 Å². The molecule has 2 rings (SSSR count). The summed E-state index contributed by atoms with van der Waals surface area (Å²) in [4.78, 5) is 0. The molecule has 0 aromatic heterocycles. The van der Waals surface area contributed by atoms with Crippen molar-refractivity contribution in [1.29, 1.82) is 0 Å². The monoisotopic (exact) mass is 287 g/mol. The van der Waals surface area contributed by atoms with Crippen LogP contribution in [0.25, 0.3) is 0 Å². The third-order valence-electron chi connectivity index (χ3n) is 3.29. The molecular formula is C17H21NO3. The second-order valence-corrected chi connectivity index (χ2v) is 4.75. The Morgan fingerprint density at radius 1 is 1.05 bits per heavy atom. The molecular weight excluding hydrogens is 266 g/mol. The highest BCUT2D eigenvalue weighted by Gasteiger charge is 2.19. The average Bonchev–Trinajstić information content (AvgIpc) is 2.53. The maximum absolute atomic E-state index is 10.7. The van der Waals surface area contributed by atoms with Crippen molar-refractivity contribution in [3.05, 3.63) is 53.6 Å². The van der Waals surface area contributed by atoms with Crippen LogP contribution in [0.3, 0.4) is 0 Å². The summed E-state index contributed by atoms with van der Waals surface area (Å²) in [7, 11) is 1.56. The Morgan fingerprint density at radius 2 is 1.71 bits per heavy atom. The van der Waals surface area contributed by atoms with Gasteiger partial charge in [-0.2, -0.15) is 0 Å². The van der Waals surface area contributed by atoms with Crippen molar-refractivity contribution in [2.45, 2.75) is 19.4 Å². The highest BCUT2D eigenvalue weighted by molar-refractivity contribution is 5.61. The normalized spacial score (nSPS) is 12.0. The van der Waals surface area contributed by atoms with Crippen molar-refractivity contribution in [2.24, 2.45) is 0 Å².